The van der Waals surface area contributed by atoms with E-state index in [1.165, 1.54) is 24.5 Å². The smallest absolute Gasteiger partial charge is 0.268 e. The van der Waals surface area contributed by atoms with Crippen LogP contribution in [0.25, 0.3) is 0 Å². The quantitative estimate of drug-likeness (QED) is 0.161. The monoisotopic (exact) mass is 463 g/mol. The fourth-order valence-corrected chi connectivity index (χ4v) is 2.59. The van der Waals surface area contributed by atoms with Gasteiger partial charge in [-0.2, -0.15) is 0 Å². The topological polar surface area (TPSA) is 180 Å². The van der Waals surface area contributed by atoms with Crippen molar-refractivity contribution in [2.45, 2.75) is 25.1 Å². The van der Waals surface area contributed by atoms with Gasteiger partial charge in [-0.3, -0.25) is 19.6 Å². The molecule has 2 rings (SSSR count). The van der Waals surface area contributed by atoms with Crippen LogP contribution in [0.3, 0.4) is 0 Å². The van der Waals surface area contributed by atoms with Gasteiger partial charge in [0.15, 0.2) is 0 Å². The number of nitrogens with one attached hydrogen (secondary N) is 3. The molecule has 34 heavy (non-hydrogen) atoms. The second-order valence-electron chi connectivity index (χ2n) is 7.15. The molecule has 0 bridgehead atoms. The van der Waals surface area contributed by atoms with Crippen molar-refractivity contribution in [2.75, 3.05) is 11.9 Å². The first kappa shape index (κ1) is 26.1. The van der Waals surface area contributed by atoms with E-state index < -0.39 is 30.0 Å². The van der Waals surface area contributed by atoms with Crippen molar-refractivity contribution in [3.8, 4) is 23.7 Å². The molecule has 0 radical (unpaired) electrons. The van der Waals surface area contributed by atoms with Gasteiger partial charge in [0.1, 0.15) is 6.04 Å². The molecule has 0 fully saturated rings. The molecule has 3 atom stereocenters. The van der Waals surface area contributed by atoms with Crippen LogP contribution < -0.4 is 27.6 Å². The molecule has 0 spiro atoms. The van der Waals surface area contributed by atoms with Gasteiger partial charge in [0, 0.05) is 28.9 Å². The Hall–Kier alpha value is -4.19. The fourth-order valence-electron chi connectivity index (χ4n) is 2.59. The van der Waals surface area contributed by atoms with Crippen molar-refractivity contribution in [2.24, 2.45) is 11.5 Å². The molecule has 0 aromatic heterocycles. The van der Waals surface area contributed by atoms with Gasteiger partial charge in [-0.1, -0.05) is 11.8 Å². The first-order valence-corrected chi connectivity index (χ1v) is 10.2. The summed E-state index contributed by atoms with van der Waals surface area (Å²) in [4.78, 5) is 35.5. The molecule has 176 valence electrons. The van der Waals surface area contributed by atoms with Crippen LogP contribution in [0.15, 0.2) is 48.5 Å². The van der Waals surface area contributed by atoms with Gasteiger partial charge < -0.3 is 27.2 Å². The summed E-state index contributed by atoms with van der Waals surface area (Å²) in [6.45, 7) is 1.36. The molecule has 2 aromatic carbocycles. The molecule has 10 heteroatoms. The highest BCUT2D eigenvalue weighted by atomic mass is 16.5. The molecular formula is C24H25N5O5. The van der Waals surface area contributed by atoms with E-state index in [1.54, 1.807) is 36.4 Å². The molecule has 0 aliphatic heterocycles. The van der Waals surface area contributed by atoms with Crippen LogP contribution in [0.1, 0.15) is 28.4 Å². The number of carbonyl (C=O) groups is 3. The maximum absolute atomic E-state index is 12.3. The largest absolute Gasteiger partial charge is 0.391 e. The lowest BCUT2D eigenvalue weighted by Crippen LogP contribution is -2.51. The standard InChI is InChI=1S/C24H25N5O5/c1-15(30)21(24(33)29-34)28-22(31)18-10-6-16(7-11-18)4-2-3-5-17-8-12-19(13-9-17)27-23(32)20(26)14-25/h6-13,15,20-21,30,34H,14,25-26H2,1H3,(H,27,32)(H,28,31)(H,29,33)/t15-,20+,21+/m1/s1. The Kier molecular flexibility index (Phi) is 9.77. The molecule has 0 saturated heterocycles. The van der Waals surface area contributed by atoms with Crippen molar-refractivity contribution in [1.82, 2.24) is 10.8 Å². The highest BCUT2D eigenvalue weighted by Crippen LogP contribution is 2.09. The van der Waals surface area contributed by atoms with E-state index >= 15 is 0 Å². The first-order valence-electron chi connectivity index (χ1n) is 10.2. The zero-order chi connectivity index (χ0) is 25.1. The maximum Gasteiger partial charge on any atom is 0.268 e. The van der Waals surface area contributed by atoms with Gasteiger partial charge in [-0.15, -0.1) is 0 Å². The molecule has 9 N–H and O–H groups in total. The lowest BCUT2D eigenvalue weighted by atomic mass is 10.1. The van der Waals surface area contributed by atoms with Gasteiger partial charge in [0.05, 0.1) is 12.1 Å². The van der Waals surface area contributed by atoms with Crippen LogP contribution in [-0.4, -0.2) is 52.8 Å². The van der Waals surface area contributed by atoms with Crippen molar-refractivity contribution in [1.29, 1.82) is 0 Å². The zero-order valence-corrected chi connectivity index (χ0v) is 18.3. The summed E-state index contributed by atoms with van der Waals surface area (Å²) in [5, 5.41) is 23.3. The minimum absolute atomic E-state index is 0.0524. The summed E-state index contributed by atoms with van der Waals surface area (Å²) in [5.74, 6) is 9.27. The Morgan fingerprint density at radius 2 is 1.47 bits per heavy atom. The van der Waals surface area contributed by atoms with Crippen LogP contribution in [0, 0.1) is 23.7 Å². The van der Waals surface area contributed by atoms with Crippen molar-refractivity contribution in [3.63, 3.8) is 0 Å². The Morgan fingerprint density at radius 1 is 0.941 bits per heavy atom. The molecule has 3 amide bonds. The summed E-state index contributed by atoms with van der Waals surface area (Å²) in [5.41, 5.74) is 14.5. The van der Waals surface area contributed by atoms with Gasteiger partial charge >= 0.3 is 0 Å². The molecule has 0 aliphatic carbocycles. The Morgan fingerprint density at radius 3 is 1.94 bits per heavy atom. The highest BCUT2D eigenvalue weighted by Gasteiger charge is 2.25. The number of aliphatic hydroxyl groups is 1. The molecule has 0 heterocycles. The number of rotatable bonds is 7. The van der Waals surface area contributed by atoms with E-state index in [0.29, 0.717) is 16.8 Å². The Balaban J connectivity index is 1.97. The van der Waals surface area contributed by atoms with E-state index in [0.717, 1.165) is 0 Å². The second kappa shape index (κ2) is 12.7. The van der Waals surface area contributed by atoms with E-state index in [-0.39, 0.29) is 18.0 Å². The van der Waals surface area contributed by atoms with Gasteiger partial charge in [0.25, 0.3) is 11.8 Å². The minimum Gasteiger partial charge on any atom is -0.391 e. The predicted molar refractivity (Wildman–Crippen MR) is 125 cm³/mol. The number of benzene rings is 2. The summed E-state index contributed by atoms with van der Waals surface area (Å²) < 4.78 is 0. The lowest BCUT2D eigenvalue weighted by Gasteiger charge is -2.19. The van der Waals surface area contributed by atoms with Crippen molar-refractivity contribution in [3.05, 3.63) is 65.2 Å². The number of hydrogen-bond donors (Lipinski definition) is 7. The van der Waals surface area contributed by atoms with Gasteiger partial charge in [0.2, 0.25) is 5.91 Å². The highest BCUT2D eigenvalue weighted by molar-refractivity contribution is 5.97. The molecule has 10 nitrogen and oxygen atoms in total. The van der Waals surface area contributed by atoms with E-state index in [2.05, 4.69) is 34.3 Å². The van der Waals surface area contributed by atoms with Crippen LogP contribution in [-0.2, 0) is 9.59 Å². The minimum atomic E-state index is -1.30. The maximum atomic E-state index is 12.3. The summed E-state index contributed by atoms with van der Waals surface area (Å²) >= 11 is 0. The number of carbonyl (C=O) groups excluding carboxylic acids is 3. The first-order chi connectivity index (χ1) is 16.2. The Bertz CT molecular complexity index is 1140. The fraction of sp³-hybridized carbons (Fsp3) is 0.208. The number of anilines is 1. The Labute approximate surface area is 196 Å². The van der Waals surface area contributed by atoms with Crippen LogP contribution in [0.4, 0.5) is 5.69 Å². The summed E-state index contributed by atoms with van der Waals surface area (Å²) in [6.07, 6.45) is -1.20. The number of hydrogen-bond acceptors (Lipinski definition) is 7. The van der Waals surface area contributed by atoms with Gasteiger partial charge in [-0.05, 0) is 67.3 Å². The number of amides is 3. The van der Waals surface area contributed by atoms with E-state index in [9.17, 15) is 19.5 Å². The average molecular weight is 463 g/mol. The third-order valence-electron chi connectivity index (χ3n) is 4.53. The van der Waals surface area contributed by atoms with Crippen LogP contribution in [0.5, 0.6) is 0 Å². The molecule has 0 aliphatic rings. The number of aliphatic hydroxyl groups excluding tert-OH is 1. The van der Waals surface area contributed by atoms with Crippen LogP contribution >= 0.6 is 0 Å². The van der Waals surface area contributed by atoms with Crippen molar-refractivity contribution >= 4 is 23.4 Å². The predicted octanol–water partition coefficient (Wildman–Crippen LogP) is -0.701. The molecule has 0 unspecified atom stereocenters. The van der Waals surface area contributed by atoms with Crippen LogP contribution in [0.2, 0.25) is 0 Å². The normalized spacial score (nSPS) is 12.5. The number of hydroxylamine groups is 1. The zero-order valence-electron chi connectivity index (χ0n) is 18.3. The molecule has 0 saturated carbocycles. The van der Waals surface area contributed by atoms with E-state index in [1.807, 2.05) is 0 Å². The average Bonchev–Trinajstić information content (AvgIpc) is 2.85. The number of nitrogens with two attached hydrogens (primary N) is 2. The SMILES string of the molecule is C[C@@H](O)[C@H](NC(=O)c1ccc(C#CC#Cc2ccc(NC(=O)[C@@H](N)CN)cc2)cc1)C(=O)NO. The third-order valence-corrected chi connectivity index (χ3v) is 4.53. The lowest BCUT2D eigenvalue weighted by molar-refractivity contribution is -0.133. The van der Waals surface area contributed by atoms with Crippen molar-refractivity contribution < 1.29 is 24.7 Å². The van der Waals surface area contributed by atoms with E-state index in [4.69, 9.17) is 16.7 Å². The second-order valence-corrected chi connectivity index (χ2v) is 7.15. The summed E-state index contributed by atoms with van der Waals surface area (Å²) in [6, 6.07) is 11.0. The summed E-state index contributed by atoms with van der Waals surface area (Å²) in [7, 11) is 0. The molecular weight excluding hydrogens is 438 g/mol. The molecule has 2 aromatic rings. The third kappa shape index (κ3) is 7.74. The van der Waals surface area contributed by atoms with Gasteiger partial charge in [-0.25, -0.2) is 5.48 Å².